The van der Waals surface area contributed by atoms with Crippen molar-refractivity contribution in [3.05, 3.63) is 23.8 Å². The Morgan fingerprint density at radius 3 is 2.50 bits per heavy atom. The van der Waals surface area contributed by atoms with Gasteiger partial charge in [0.05, 0.1) is 24.9 Å². The topological polar surface area (TPSA) is 96.0 Å². The third-order valence-corrected chi connectivity index (χ3v) is 3.04. The van der Waals surface area contributed by atoms with Gasteiger partial charge in [-0.25, -0.2) is 0 Å². The fraction of sp³-hybridized carbons (Fsp3) is 0.417. The van der Waals surface area contributed by atoms with E-state index in [-0.39, 0.29) is 19.0 Å². The second-order valence-electron chi connectivity index (χ2n) is 4.30. The van der Waals surface area contributed by atoms with E-state index in [2.05, 4.69) is 0 Å². The Bertz CT molecular complexity index is 453. The van der Waals surface area contributed by atoms with Gasteiger partial charge in [-0.1, -0.05) is 0 Å². The van der Waals surface area contributed by atoms with Gasteiger partial charge >= 0.3 is 0 Å². The van der Waals surface area contributed by atoms with Gasteiger partial charge in [0.25, 0.3) is 5.91 Å². The molecule has 0 radical (unpaired) electrons. The number of nitrogens with zero attached hydrogens (tertiary/aromatic N) is 1. The van der Waals surface area contributed by atoms with E-state index >= 15 is 0 Å². The number of nitrogens with two attached hydrogens (primary N) is 1. The molecule has 1 aliphatic rings. The zero-order valence-electron chi connectivity index (χ0n) is 10.0. The molecule has 0 unspecified atom stereocenters. The highest BCUT2D eigenvalue weighted by molar-refractivity contribution is 5.99. The van der Waals surface area contributed by atoms with Crippen LogP contribution in [-0.2, 0) is 0 Å². The summed E-state index contributed by atoms with van der Waals surface area (Å²) < 4.78 is 5.00. The van der Waals surface area contributed by atoms with Gasteiger partial charge in [0.2, 0.25) is 0 Å². The summed E-state index contributed by atoms with van der Waals surface area (Å²) in [7, 11) is 1.52. The van der Waals surface area contributed by atoms with E-state index < -0.39 is 12.2 Å². The maximum Gasteiger partial charge on any atom is 0.256 e. The molecule has 1 fully saturated rings. The molecule has 18 heavy (non-hydrogen) atoms. The molecule has 4 N–H and O–H groups in total. The van der Waals surface area contributed by atoms with Crippen LogP contribution in [0.4, 0.5) is 5.69 Å². The number of aliphatic hydroxyl groups is 2. The van der Waals surface area contributed by atoms with Crippen LogP contribution in [0.1, 0.15) is 10.4 Å². The molecule has 6 heteroatoms. The van der Waals surface area contributed by atoms with Crippen LogP contribution in [0.2, 0.25) is 0 Å². The predicted octanol–water partition coefficient (Wildman–Crippen LogP) is -0.545. The number of benzene rings is 1. The fourth-order valence-electron chi connectivity index (χ4n) is 1.97. The van der Waals surface area contributed by atoms with Crippen LogP contribution in [0.3, 0.4) is 0 Å². The molecule has 1 amide bonds. The predicted molar refractivity (Wildman–Crippen MR) is 65.3 cm³/mol. The minimum atomic E-state index is -0.895. The zero-order valence-corrected chi connectivity index (χ0v) is 10.0. The van der Waals surface area contributed by atoms with Crippen molar-refractivity contribution in [3.63, 3.8) is 0 Å². The molecule has 0 spiro atoms. The van der Waals surface area contributed by atoms with E-state index in [1.165, 1.54) is 12.0 Å². The summed E-state index contributed by atoms with van der Waals surface area (Å²) in [6, 6.07) is 4.79. The number of carbonyl (C=O) groups excluding carboxylic acids is 1. The van der Waals surface area contributed by atoms with Gasteiger partial charge < -0.3 is 25.6 Å². The van der Waals surface area contributed by atoms with E-state index in [1.54, 1.807) is 18.2 Å². The van der Waals surface area contributed by atoms with Crippen molar-refractivity contribution >= 4 is 11.6 Å². The van der Waals surface area contributed by atoms with E-state index in [0.717, 1.165) is 0 Å². The van der Waals surface area contributed by atoms with Crippen LogP contribution < -0.4 is 10.5 Å². The number of anilines is 1. The summed E-state index contributed by atoms with van der Waals surface area (Å²) in [5.74, 6) is 0.274. The van der Waals surface area contributed by atoms with E-state index in [9.17, 15) is 15.0 Å². The summed E-state index contributed by atoms with van der Waals surface area (Å²) in [6.07, 6.45) is -1.79. The molecule has 2 atom stereocenters. The highest BCUT2D eigenvalue weighted by Gasteiger charge is 2.33. The van der Waals surface area contributed by atoms with Crippen molar-refractivity contribution in [2.75, 3.05) is 25.9 Å². The Morgan fingerprint density at radius 2 is 2.00 bits per heavy atom. The third kappa shape index (κ3) is 2.25. The number of rotatable bonds is 2. The van der Waals surface area contributed by atoms with Crippen molar-refractivity contribution in [3.8, 4) is 5.75 Å². The average Bonchev–Trinajstić information content (AvgIpc) is 2.68. The minimum absolute atomic E-state index is 0.117. The number of amides is 1. The molecule has 0 saturated carbocycles. The Morgan fingerprint density at radius 1 is 1.39 bits per heavy atom. The number of nitrogen functional groups attached to an aromatic ring is 1. The third-order valence-electron chi connectivity index (χ3n) is 3.04. The summed E-state index contributed by atoms with van der Waals surface area (Å²) >= 11 is 0. The number of hydrogen-bond donors (Lipinski definition) is 3. The van der Waals surface area contributed by atoms with Crippen LogP contribution in [0.25, 0.3) is 0 Å². The number of methoxy groups -OCH3 is 1. The first kappa shape index (κ1) is 12.7. The van der Waals surface area contributed by atoms with Crippen LogP contribution in [0, 0.1) is 0 Å². The maximum atomic E-state index is 12.1. The first-order chi connectivity index (χ1) is 8.52. The molecule has 1 heterocycles. The Balaban J connectivity index is 2.19. The molecule has 1 saturated heterocycles. The molecule has 0 aliphatic carbocycles. The van der Waals surface area contributed by atoms with Crippen LogP contribution in [0.5, 0.6) is 5.75 Å². The lowest BCUT2D eigenvalue weighted by Gasteiger charge is -2.16. The molecule has 1 aromatic rings. The highest BCUT2D eigenvalue weighted by Crippen LogP contribution is 2.22. The van der Waals surface area contributed by atoms with Crippen molar-refractivity contribution in [1.29, 1.82) is 0 Å². The standard InChI is InChI=1S/C12H16N2O4/c1-18-7-2-3-8(9(13)4-7)12(17)14-5-10(15)11(16)6-14/h2-4,10-11,15-16H,5-6,13H2,1H3/t10-,11+. The molecule has 0 bridgehead atoms. The van der Waals surface area contributed by atoms with E-state index in [4.69, 9.17) is 10.5 Å². The van der Waals surface area contributed by atoms with E-state index in [0.29, 0.717) is 17.0 Å². The highest BCUT2D eigenvalue weighted by atomic mass is 16.5. The monoisotopic (exact) mass is 252 g/mol. The number of hydrogen-bond acceptors (Lipinski definition) is 5. The first-order valence-electron chi connectivity index (χ1n) is 5.62. The number of β-amino-alcohol motifs (C(OH)–C–C–N with tert-alkyl or cyclic N) is 2. The molecular formula is C12H16N2O4. The lowest BCUT2D eigenvalue weighted by molar-refractivity contribution is 0.0572. The lowest BCUT2D eigenvalue weighted by Crippen LogP contribution is -2.30. The number of carbonyl (C=O) groups is 1. The van der Waals surface area contributed by atoms with Crippen LogP contribution >= 0.6 is 0 Å². The number of ether oxygens (including phenoxy) is 1. The van der Waals surface area contributed by atoms with Gasteiger partial charge in [0.15, 0.2) is 0 Å². The Kier molecular flexibility index (Phi) is 3.40. The molecule has 6 nitrogen and oxygen atoms in total. The minimum Gasteiger partial charge on any atom is -0.497 e. The lowest BCUT2D eigenvalue weighted by atomic mass is 10.1. The second-order valence-corrected chi connectivity index (χ2v) is 4.30. The zero-order chi connectivity index (χ0) is 13.3. The van der Waals surface area contributed by atoms with Crippen molar-refractivity contribution in [1.82, 2.24) is 4.90 Å². The molecule has 1 aliphatic heterocycles. The number of aliphatic hydroxyl groups excluding tert-OH is 2. The van der Waals surface area contributed by atoms with Crippen LogP contribution in [0.15, 0.2) is 18.2 Å². The van der Waals surface area contributed by atoms with Gasteiger partial charge in [0, 0.05) is 24.8 Å². The van der Waals surface area contributed by atoms with Crippen molar-refractivity contribution in [2.24, 2.45) is 0 Å². The smallest absolute Gasteiger partial charge is 0.256 e. The molecule has 0 aromatic heterocycles. The summed E-state index contributed by atoms with van der Waals surface area (Å²) in [5, 5.41) is 18.8. The summed E-state index contributed by atoms with van der Waals surface area (Å²) in [5.41, 5.74) is 6.44. The summed E-state index contributed by atoms with van der Waals surface area (Å²) in [6.45, 7) is 0.233. The van der Waals surface area contributed by atoms with Crippen LogP contribution in [-0.4, -0.2) is 53.4 Å². The van der Waals surface area contributed by atoms with E-state index in [1.807, 2.05) is 0 Å². The van der Waals surface area contributed by atoms with Crippen molar-refractivity contribution < 1.29 is 19.7 Å². The largest absolute Gasteiger partial charge is 0.497 e. The quantitative estimate of drug-likeness (QED) is 0.614. The molecular weight excluding hydrogens is 236 g/mol. The van der Waals surface area contributed by atoms with Gasteiger partial charge in [0.1, 0.15) is 5.75 Å². The first-order valence-corrected chi connectivity index (χ1v) is 5.62. The Labute approximate surface area is 105 Å². The van der Waals surface area contributed by atoms with Gasteiger partial charge in [-0.05, 0) is 12.1 Å². The van der Waals surface area contributed by atoms with Crippen molar-refractivity contribution in [2.45, 2.75) is 12.2 Å². The summed E-state index contributed by atoms with van der Waals surface area (Å²) in [4.78, 5) is 13.5. The molecule has 1 aromatic carbocycles. The van der Waals surface area contributed by atoms with Gasteiger partial charge in [-0.15, -0.1) is 0 Å². The Hall–Kier alpha value is -1.79. The molecule has 98 valence electrons. The maximum absolute atomic E-state index is 12.1. The fourth-order valence-corrected chi connectivity index (χ4v) is 1.97. The number of likely N-dealkylation sites (tertiary alicyclic amines) is 1. The SMILES string of the molecule is COc1ccc(C(=O)N2C[C@@H](O)[C@@H](O)C2)c(N)c1. The second kappa shape index (κ2) is 4.83. The van der Waals surface area contributed by atoms with Gasteiger partial charge in [-0.3, -0.25) is 4.79 Å². The van der Waals surface area contributed by atoms with Gasteiger partial charge in [-0.2, -0.15) is 0 Å². The molecule has 2 rings (SSSR count). The average molecular weight is 252 g/mol. The normalized spacial score (nSPS) is 23.2.